The largest absolute Gasteiger partial charge is 0.389 e. The Morgan fingerprint density at radius 3 is 2.53 bits per heavy atom. The maximum absolute atomic E-state index is 14.0. The Kier molecular flexibility index (Phi) is 5.13. The fraction of sp³-hybridized carbons (Fsp3) is 0.278. The predicted molar refractivity (Wildman–Crippen MR) is 107 cm³/mol. The van der Waals surface area contributed by atoms with Crippen LogP contribution in [0.2, 0.25) is 0 Å². The van der Waals surface area contributed by atoms with E-state index in [2.05, 4.69) is 15.4 Å². The quantitative estimate of drug-likeness (QED) is 0.484. The topological polar surface area (TPSA) is 130 Å². The highest BCUT2D eigenvalue weighted by Crippen LogP contribution is 2.34. The molecule has 30 heavy (non-hydrogen) atoms. The molecule has 4 rings (SSSR count). The summed E-state index contributed by atoms with van der Waals surface area (Å²) >= 11 is 0.798. The Bertz CT molecular complexity index is 1090. The molecule has 0 bridgehead atoms. The van der Waals surface area contributed by atoms with Crippen molar-refractivity contribution in [2.45, 2.75) is 12.2 Å². The second-order valence-electron chi connectivity index (χ2n) is 6.83. The van der Waals surface area contributed by atoms with Gasteiger partial charge in [0.25, 0.3) is 5.91 Å². The summed E-state index contributed by atoms with van der Waals surface area (Å²) < 4.78 is 29.6. The minimum absolute atomic E-state index is 0.00242. The lowest BCUT2D eigenvalue weighted by Crippen LogP contribution is -2.25. The number of amides is 1. The van der Waals surface area contributed by atoms with Crippen LogP contribution in [0.1, 0.15) is 10.5 Å². The number of anilines is 3. The minimum atomic E-state index is -0.921. The van der Waals surface area contributed by atoms with E-state index < -0.39 is 29.7 Å². The summed E-state index contributed by atoms with van der Waals surface area (Å²) in [5.74, 6) is -1.82. The molecule has 2 unspecified atom stereocenters. The van der Waals surface area contributed by atoms with Gasteiger partial charge in [-0.2, -0.15) is 5.10 Å². The first-order chi connectivity index (χ1) is 14.3. The number of carbonyl (C=O) groups excluding carboxylic acids is 1. The van der Waals surface area contributed by atoms with Gasteiger partial charge in [-0.15, -0.1) is 0 Å². The van der Waals surface area contributed by atoms with Crippen LogP contribution in [0.25, 0.3) is 10.6 Å². The highest BCUT2D eigenvalue weighted by molar-refractivity contribution is 7.19. The zero-order valence-electron chi connectivity index (χ0n) is 15.7. The van der Waals surface area contributed by atoms with Gasteiger partial charge in [0.1, 0.15) is 27.3 Å². The standard InChI is InChI=1S/C18H18F2N6O3S/c1-25-18(26-6-11(27)12(28)7-26)10(5-22-25)23-16(29)14-15(21)30-17(24-14)13-8(19)3-2-4-9(13)20/h2-5,11-12,27-28H,6-7,21H2,1H3,(H,23,29). The number of thiazole rings is 1. The molecule has 0 aliphatic carbocycles. The smallest absolute Gasteiger partial charge is 0.277 e. The molecule has 1 amide bonds. The molecule has 2 atom stereocenters. The summed E-state index contributed by atoms with van der Waals surface area (Å²) in [5, 5.41) is 26.3. The lowest BCUT2D eigenvalue weighted by molar-refractivity contribution is 0.0572. The number of halogens is 2. The van der Waals surface area contributed by atoms with Crippen LogP contribution in [0, 0.1) is 11.6 Å². The van der Waals surface area contributed by atoms with Crippen LogP contribution in [0.15, 0.2) is 24.4 Å². The molecule has 158 valence electrons. The molecule has 1 saturated heterocycles. The highest BCUT2D eigenvalue weighted by atomic mass is 32.1. The summed E-state index contributed by atoms with van der Waals surface area (Å²) in [6.45, 7) is 0.332. The summed E-state index contributed by atoms with van der Waals surface area (Å²) in [5.41, 5.74) is 5.68. The third kappa shape index (κ3) is 3.49. The van der Waals surface area contributed by atoms with Crippen LogP contribution in [0.4, 0.5) is 25.3 Å². The molecule has 0 radical (unpaired) electrons. The Hall–Kier alpha value is -3.09. The Morgan fingerprint density at radius 1 is 1.27 bits per heavy atom. The van der Waals surface area contributed by atoms with Crippen LogP contribution in [-0.4, -0.2) is 56.2 Å². The van der Waals surface area contributed by atoms with Crippen molar-refractivity contribution in [3.05, 3.63) is 41.7 Å². The Morgan fingerprint density at radius 2 is 1.90 bits per heavy atom. The van der Waals surface area contributed by atoms with Gasteiger partial charge in [-0.05, 0) is 12.1 Å². The van der Waals surface area contributed by atoms with Crippen molar-refractivity contribution < 1.29 is 23.8 Å². The van der Waals surface area contributed by atoms with Gasteiger partial charge in [-0.1, -0.05) is 17.4 Å². The number of aliphatic hydroxyl groups excluding tert-OH is 2. The van der Waals surface area contributed by atoms with Gasteiger partial charge in [0.2, 0.25) is 0 Å². The second-order valence-corrected chi connectivity index (χ2v) is 7.86. The fourth-order valence-corrected chi connectivity index (χ4v) is 4.20. The first-order valence-corrected chi connectivity index (χ1v) is 9.73. The Labute approximate surface area is 173 Å². The zero-order chi connectivity index (χ0) is 21.6. The predicted octanol–water partition coefficient (Wildman–Crippen LogP) is 1.20. The number of nitrogens with one attached hydrogen (secondary N) is 1. The van der Waals surface area contributed by atoms with Crippen molar-refractivity contribution in [2.75, 3.05) is 29.0 Å². The monoisotopic (exact) mass is 436 g/mol. The van der Waals surface area contributed by atoms with E-state index >= 15 is 0 Å². The Balaban J connectivity index is 1.61. The summed E-state index contributed by atoms with van der Waals surface area (Å²) in [6.07, 6.45) is -0.434. The lowest BCUT2D eigenvalue weighted by atomic mass is 10.2. The van der Waals surface area contributed by atoms with Gasteiger partial charge < -0.3 is 26.2 Å². The van der Waals surface area contributed by atoms with Crippen LogP contribution < -0.4 is 16.0 Å². The van der Waals surface area contributed by atoms with Crippen molar-refractivity contribution in [3.8, 4) is 10.6 Å². The number of nitrogens with zero attached hydrogens (tertiary/aromatic N) is 4. The van der Waals surface area contributed by atoms with Crippen LogP contribution in [-0.2, 0) is 7.05 Å². The van der Waals surface area contributed by atoms with Crippen molar-refractivity contribution in [1.82, 2.24) is 14.8 Å². The molecular weight excluding hydrogens is 418 g/mol. The molecule has 1 fully saturated rings. The number of benzene rings is 1. The molecule has 0 spiro atoms. The molecule has 1 aliphatic rings. The number of nitrogens with two attached hydrogens (primary N) is 1. The van der Waals surface area contributed by atoms with Gasteiger partial charge >= 0.3 is 0 Å². The fourth-order valence-electron chi connectivity index (χ4n) is 3.32. The number of aliphatic hydroxyl groups is 2. The molecule has 3 heterocycles. The number of hydrogen-bond donors (Lipinski definition) is 4. The van der Waals surface area contributed by atoms with E-state index in [1.54, 1.807) is 11.9 Å². The lowest BCUT2D eigenvalue weighted by Gasteiger charge is -2.19. The molecule has 3 aromatic rings. The molecule has 1 aliphatic heterocycles. The molecule has 9 nitrogen and oxygen atoms in total. The van der Waals surface area contributed by atoms with Gasteiger partial charge in [-0.25, -0.2) is 13.8 Å². The molecule has 5 N–H and O–H groups in total. The van der Waals surface area contributed by atoms with Crippen molar-refractivity contribution >= 4 is 33.8 Å². The van der Waals surface area contributed by atoms with E-state index in [-0.39, 0.29) is 34.4 Å². The third-order valence-electron chi connectivity index (χ3n) is 4.76. The average Bonchev–Trinajstić information content (AvgIpc) is 3.33. The maximum Gasteiger partial charge on any atom is 0.277 e. The number of aryl methyl sites for hydroxylation is 1. The average molecular weight is 436 g/mol. The molecule has 1 aromatic carbocycles. The van der Waals surface area contributed by atoms with Gasteiger partial charge in [0, 0.05) is 20.1 Å². The first kappa shape index (κ1) is 20.2. The molecule has 0 saturated carbocycles. The van der Waals surface area contributed by atoms with E-state index in [1.807, 2.05) is 0 Å². The van der Waals surface area contributed by atoms with E-state index in [9.17, 15) is 23.8 Å². The van der Waals surface area contributed by atoms with Gasteiger partial charge in [0.05, 0.1) is 24.0 Å². The number of hydrogen-bond acceptors (Lipinski definition) is 8. The zero-order valence-corrected chi connectivity index (χ0v) is 16.5. The first-order valence-electron chi connectivity index (χ1n) is 8.91. The SMILES string of the molecule is Cn1ncc(NC(=O)c2nc(-c3c(F)cccc3F)sc2N)c1N1CC(O)C(O)C1. The molecule has 12 heteroatoms. The normalized spacial score (nSPS) is 18.8. The second kappa shape index (κ2) is 7.63. The van der Waals surface area contributed by atoms with Crippen LogP contribution in [0.3, 0.4) is 0 Å². The van der Waals surface area contributed by atoms with Crippen LogP contribution in [0.5, 0.6) is 0 Å². The van der Waals surface area contributed by atoms with Crippen LogP contribution >= 0.6 is 11.3 Å². The number of aromatic nitrogens is 3. The summed E-state index contributed by atoms with van der Waals surface area (Å²) in [4.78, 5) is 18.5. The van der Waals surface area contributed by atoms with Gasteiger partial charge in [-0.3, -0.25) is 9.48 Å². The van der Waals surface area contributed by atoms with Gasteiger partial charge in [0.15, 0.2) is 11.5 Å². The van der Waals surface area contributed by atoms with E-state index in [4.69, 9.17) is 5.73 Å². The van der Waals surface area contributed by atoms with Crippen molar-refractivity contribution in [2.24, 2.45) is 7.05 Å². The van der Waals surface area contributed by atoms with E-state index in [0.717, 1.165) is 23.5 Å². The number of β-amino-alcohol motifs (C(OH)–C–C–N with tert-alkyl or cyclic N) is 2. The minimum Gasteiger partial charge on any atom is -0.389 e. The van der Waals surface area contributed by atoms with E-state index in [1.165, 1.54) is 16.9 Å². The van der Waals surface area contributed by atoms with Crippen molar-refractivity contribution in [1.29, 1.82) is 0 Å². The molecule has 2 aromatic heterocycles. The van der Waals surface area contributed by atoms with Crippen molar-refractivity contribution in [3.63, 3.8) is 0 Å². The number of nitrogen functional groups attached to an aromatic ring is 1. The van der Waals surface area contributed by atoms with E-state index in [0.29, 0.717) is 11.5 Å². The molecular formula is C18H18F2N6O3S. The summed E-state index contributed by atoms with van der Waals surface area (Å²) in [7, 11) is 1.65. The number of carbonyl (C=O) groups is 1. The maximum atomic E-state index is 14.0. The number of rotatable bonds is 4. The highest BCUT2D eigenvalue weighted by Gasteiger charge is 2.33. The summed E-state index contributed by atoms with van der Waals surface area (Å²) in [6, 6.07) is 3.42. The third-order valence-corrected chi connectivity index (χ3v) is 5.66.